The van der Waals surface area contributed by atoms with Crippen molar-refractivity contribution in [3.8, 4) is 22.6 Å². The van der Waals surface area contributed by atoms with E-state index in [4.69, 9.17) is 38.9 Å². The fourth-order valence-electron chi connectivity index (χ4n) is 3.48. The molecule has 2 N–H and O–H groups in total. The lowest BCUT2D eigenvalue weighted by atomic mass is 10.0. The zero-order valence-electron chi connectivity index (χ0n) is 17.6. The van der Waals surface area contributed by atoms with Crippen LogP contribution in [0.5, 0.6) is 0 Å². The number of hydrogen-bond acceptors (Lipinski definition) is 3. The molecule has 3 aromatic carbocycles. The highest BCUT2D eigenvalue weighted by Gasteiger charge is 2.18. The average Bonchev–Trinajstić information content (AvgIpc) is 2.81. The number of aliphatic imine (C=N–C) groups is 1. The van der Waals surface area contributed by atoms with Crippen LogP contribution in [-0.2, 0) is 6.42 Å². The lowest BCUT2D eigenvalue weighted by molar-refractivity contribution is 0.963. The van der Waals surface area contributed by atoms with Crippen LogP contribution in [0.25, 0.3) is 22.6 Å². The summed E-state index contributed by atoms with van der Waals surface area (Å²) in [5, 5.41) is 0.933. The second-order valence-electron chi connectivity index (χ2n) is 7.35. The minimum atomic E-state index is 0.402. The Bertz CT molecular complexity index is 1260. The van der Waals surface area contributed by atoms with Crippen molar-refractivity contribution in [2.75, 3.05) is 6.54 Å². The quantitative estimate of drug-likeness (QED) is 0.268. The summed E-state index contributed by atoms with van der Waals surface area (Å²) in [7, 11) is 0. The molecule has 0 fully saturated rings. The van der Waals surface area contributed by atoms with Crippen molar-refractivity contribution in [1.82, 2.24) is 9.97 Å². The highest BCUT2D eigenvalue weighted by Crippen LogP contribution is 2.31. The number of benzene rings is 3. The van der Waals surface area contributed by atoms with Crippen molar-refractivity contribution in [1.29, 1.82) is 0 Å². The van der Waals surface area contributed by atoms with Crippen molar-refractivity contribution < 1.29 is 0 Å². The van der Waals surface area contributed by atoms with Gasteiger partial charge in [-0.05, 0) is 31.0 Å². The van der Waals surface area contributed by atoms with Gasteiger partial charge in [-0.2, -0.15) is 0 Å². The van der Waals surface area contributed by atoms with Crippen molar-refractivity contribution in [2.24, 2.45) is 10.7 Å². The lowest BCUT2D eigenvalue weighted by Crippen LogP contribution is -2.19. The third-order valence-electron chi connectivity index (χ3n) is 5.10. The Hall–Kier alpha value is -3.21. The van der Waals surface area contributed by atoms with Crippen LogP contribution in [0.3, 0.4) is 0 Å². The first-order valence-corrected chi connectivity index (χ1v) is 11.0. The van der Waals surface area contributed by atoms with Gasteiger partial charge in [0.1, 0.15) is 5.84 Å². The molecule has 1 aromatic heterocycles. The van der Waals surface area contributed by atoms with E-state index < -0.39 is 0 Å². The number of nitrogens with zero attached hydrogens (tertiary/aromatic N) is 3. The summed E-state index contributed by atoms with van der Waals surface area (Å²) in [6, 6.07) is 25.5. The van der Waals surface area contributed by atoms with E-state index in [1.165, 1.54) is 5.56 Å². The predicted octanol–water partition coefficient (Wildman–Crippen LogP) is 6.37. The maximum atomic E-state index is 6.47. The third-order valence-corrected chi connectivity index (χ3v) is 5.84. The normalized spacial score (nSPS) is 11.5. The van der Waals surface area contributed by atoms with Gasteiger partial charge >= 0.3 is 0 Å². The molecule has 4 aromatic rings. The highest BCUT2D eigenvalue weighted by atomic mass is 35.5. The van der Waals surface area contributed by atoms with Crippen molar-refractivity contribution in [3.63, 3.8) is 0 Å². The van der Waals surface area contributed by atoms with Gasteiger partial charge in [0.15, 0.2) is 5.82 Å². The Morgan fingerprint density at radius 3 is 2.22 bits per heavy atom. The summed E-state index contributed by atoms with van der Waals surface area (Å²) in [5.41, 5.74) is 11.5. The van der Waals surface area contributed by atoms with Crippen LogP contribution in [0.1, 0.15) is 16.8 Å². The molecule has 0 spiro atoms. The molecule has 0 saturated heterocycles. The van der Waals surface area contributed by atoms with Crippen molar-refractivity contribution in [2.45, 2.75) is 13.3 Å². The van der Waals surface area contributed by atoms with E-state index in [-0.39, 0.29) is 0 Å². The van der Waals surface area contributed by atoms with Gasteiger partial charge in [-0.3, -0.25) is 4.99 Å². The molecule has 0 saturated carbocycles. The zero-order valence-corrected chi connectivity index (χ0v) is 19.1. The van der Waals surface area contributed by atoms with E-state index in [2.05, 4.69) is 17.1 Å². The second kappa shape index (κ2) is 9.94. The molecular formula is C26H22Cl2N4. The summed E-state index contributed by atoms with van der Waals surface area (Å²) in [4.78, 5) is 14.2. The van der Waals surface area contributed by atoms with Gasteiger partial charge < -0.3 is 5.73 Å². The van der Waals surface area contributed by atoms with Crippen molar-refractivity contribution >= 4 is 29.0 Å². The van der Waals surface area contributed by atoms with Crippen LogP contribution >= 0.6 is 23.2 Å². The number of nitrogens with two attached hydrogens (primary N) is 1. The van der Waals surface area contributed by atoms with Crippen LogP contribution in [0, 0.1) is 6.92 Å². The van der Waals surface area contributed by atoms with E-state index in [1.807, 2.05) is 61.5 Å². The molecule has 0 aliphatic heterocycles. The molecule has 32 heavy (non-hydrogen) atoms. The molecule has 0 atom stereocenters. The summed E-state index contributed by atoms with van der Waals surface area (Å²) >= 11 is 12.4. The predicted molar refractivity (Wildman–Crippen MR) is 133 cm³/mol. The molecule has 4 rings (SSSR count). The molecule has 0 unspecified atom stereocenters. The summed E-state index contributed by atoms with van der Waals surface area (Å²) in [6.07, 6.45) is 0.797. The smallest absolute Gasteiger partial charge is 0.160 e. The first-order chi connectivity index (χ1) is 15.5. The van der Waals surface area contributed by atoms with E-state index >= 15 is 0 Å². The monoisotopic (exact) mass is 460 g/mol. The van der Waals surface area contributed by atoms with E-state index in [0.29, 0.717) is 39.5 Å². The standard InChI is InChI=1S/C26H22Cl2N4/c1-17-23(25(29)30-15-14-18-8-4-2-5-9-18)24(20-12-13-21(27)22(28)16-20)32-26(31-17)19-10-6-3-7-11-19/h2-13,16H,14-15H2,1H3,(H2,29,30). The van der Waals surface area contributed by atoms with Gasteiger partial charge in [0, 0.05) is 17.7 Å². The minimum Gasteiger partial charge on any atom is -0.383 e. The van der Waals surface area contributed by atoms with Gasteiger partial charge in [0.25, 0.3) is 0 Å². The Labute approximate surface area is 197 Å². The summed E-state index contributed by atoms with van der Waals surface area (Å²) in [5.74, 6) is 1.02. The van der Waals surface area contributed by atoms with Gasteiger partial charge in [-0.1, -0.05) is 89.9 Å². The Balaban J connectivity index is 1.77. The lowest BCUT2D eigenvalue weighted by Gasteiger charge is -2.14. The molecule has 1 heterocycles. The summed E-state index contributed by atoms with van der Waals surface area (Å²) in [6.45, 7) is 2.49. The van der Waals surface area contributed by atoms with E-state index in [1.54, 1.807) is 12.1 Å². The number of amidine groups is 1. The Kier molecular flexibility index (Phi) is 6.84. The van der Waals surface area contributed by atoms with Gasteiger partial charge in [-0.25, -0.2) is 9.97 Å². The van der Waals surface area contributed by atoms with Gasteiger partial charge in [0.2, 0.25) is 0 Å². The number of aryl methyl sites for hydroxylation is 1. The molecule has 160 valence electrons. The summed E-state index contributed by atoms with van der Waals surface area (Å²) < 4.78 is 0. The molecule has 0 bridgehead atoms. The number of aromatic nitrogens is 2. The minimum absolute atomic E-state index is 0.402. The number of halogens is 2. The fourth-order valence-corrected chi connectivity index (χ4v) is 3.78. The molecule has 0 radical (unpaired) electrons. The topological polar surface area (TPSA) is 64.2 Å². The van der Waals surface area contributed by atoms with Crippen molar-refractivity contribution in [3.05, 3.63) is 106 Å². The number of hydrogen-bond donors (Lipinski definition) is 1. The molecule has 0 amide bonds. The Morgan fingerprint density at radius 2 is 1.53 bits per heavy atom. The molecular weight excluding hydrogens is 439 g/mol. The zero-order chi connectivity index (χ0) is 22.5. The molecule has 0 aliphatic carbocycles. The highest BCUT2D eigenvalue weighted by molar-refractivity contribution is 6.42. The molecule has 6 heteroatoms. The third kappa shape index (κ3) is 4.98. The fraction of sp³-hybridized carbons (Fsp3) is 0.115. The van der Waals surface area contributed by atoms with Crippen LogP contribution in [0.2, 0.25) is 10.0 Å². The first-order valence-electron chi connectivity index (χ1n) is 10.3. The van der Waals surface area contributed by atoms with E-state index in [0.717, 1.165) is 23.2 Å². The Morgan fingerprint density at radius 1 is 0.844 bits per heavy atom. The van der Waals surface area contributed by atoms with Crippen LogP contribution in [-0.4, -0.2) is 22.3 Å². The van der Waals surface area contributed by atoms with Gasteiger partial charge in [0.05, 0.1) is 27.0 Å². The van der Waals surface area contributed by atoms with Crippen LogP contribution in [0.15, 0.2) is 83.9 Å². The maximum Gasteiger partial charge on any atom is 0.160 e. The number of rotatable bonds is 6. The van der Waals surface area contributed by atoms with Crippen LogP contribution in [0.4, 0.5) is 0 Å². The first kappa shape index (κ1) is 22.0. The average molecular weight is 461 g/mol. The molecule has 0 aliphatic rings. The largest absolute Gasteiger partial charge is 0.383 e. The SMILES string of the molecule is Cc1nc(-c2ccccc2)nc(-c2ccc(Cl)c(Cl)c2)c1C(N)=NCCc1ccccc1. The molecule has 4 nitrogen and oxygen atoms in total. The maximum absolute atomic E-state index is 6.47. The second-order valence-corrected chi connectivity index (χ2v) is 8.17. The van der Waals surface area contributed by atoms with Crippen LogP contribution < -0.4 is 5.73 Å². The van der Waals surface area contributed by atoms with Gasteiger partial charge in [-0.15, -0.1) is 0 Å². The van der Waals surface area contributed by atoms with E-state index in [9.17, 15) is 0 Å².